The van der Waals surface area contributed by atoms with Crippen molar-refractivity contribution in [1.82, 2.24) is 14.8 Å². The molecule has 4 aromatic rings. The molecule has 0 bridgehead atoms. The predicted octanol–water partition coefficient (Wildman–Crippen LogP) is 4.44. The highest BCUT2D eigenvalue weighted by Crippen LogP contribution is 2.39. The normalized spacial score (nSPS) is 11.3. The summed E-state index contributed by atoms with van der Waals surface area (Å²) in [5, 5.41) is 9.13. The number of rotatable bonds is 3. The van der Waals surface area contributed by atoms with E-state index >= 15 is 0 Å². The summed E-state index contributed by atoms with van der Waals surface area (Å²) in [7, 11) is 0. The third-order valence-electron chi connectivity index (χ3n) is 4.19. The molecule has 0 spiro atoms. The number of aromatic amines is 1. The topological polar surface area (TPSA) is 59.6 Å². The predicted molar refractivity (Wildman–Crippen MR) is 98.5 cm³/mol. The molecule has 2 aromatic heterocycles. The second-order valence-electron chi connectivity index (χ2n) is 5.82. The Kier molecular flexibility index (Phi) is 3.63. The van der Waals surface area contributed by atoms with Crippen molar-refractivity contribution < 1.29 is 0 Å². The van der Waals surface area contributed by atoms with Gasteiger partial charge in [-0.15, -0.1) is 0 Å². The number of aromatic nitrogens is 3. The smallest absolute Gasteiger partial charge is 0.111 e. The number of hydrogen-bond donors (Lipinski definition) is 2. The molecule has 0 saturated carbocycles. The van der Waals surface area contributed by atoms with Gasteiger partial charge in [-0.05, 0) is 36.8 Å². The van der Waals surface area contributed by atoms with Crippen molar-refractivity contribution in [2.45, 2.75) is 13.5 Å². The monoisotopic (exact) mass is 336 g/mol. The Bertz CT molecular complexity index is 1010. The van der Waals surface area contributed by atoms with Crippen LogP contribution >= 0.6 is 11.6 Å². The Balaban J connectivity index is 2.04. The van der Waals surface area contributed by atoms with Crippen LogP contribution < -0.4 is 5.73 Å². The Labute approximate surface area is 144 Å². The fraction of sp³-hybridized carbons (Fsp3) is 0.105. The number of para-hydroxylation sites is 1. The van der Waals surface area contributed by atoms with Crippen LogP contribution in [0, 0.1) is 6.92 Å². The number of benzene rings is 2. The molecule has 120 valence electrons. The minimum atomic E-state index is 0.527. The SMILES string of the molecule is Cc1cc(-c2c(Cl)c3ccccc3n2-c2ccc(CN)cc2)n[nH]1. The van der Waals surface area contributed by atoms with Gasteiger partial charge in [0.2, 0.25) is 0 Å². The average molecular weight is 337 g/mol. The zero-order valence-electron chi connectivity index (χ0n) is 13.3. The number of H-pyrrole nitrogens is 1. The molecule has 3 N–H and O–H groups in total. The molecule has 24 heavy (non-hydrogen) atoms. The highest BCUT2D eigenvalue weighted by atomic mass is 35.5. The lowest BCUT2D eigenvalue weighted by Crippen LogP contribution is -2.00. The first-order chi connectivity index (χ1) is 11.7. The van der Waals surface area contributed by atoms with Gasteiger partial charge in [-0.25, -0.2) is 0 Å². The fourth-order valence-electron chi connectivity index (χ4n) is 3.02. The summed E-state index contributed by atoms with van der Waals surface area (Å²) < 4.78 is 2.15. The largest absolute Gasteiger partial charge is 0.326 e. The van der Waals surface area contributed by atoms with E-state index in [9.17, 15) is 0 Å². The van der Waals surface area contributed by atoms with Crippen LogP contribution in [0.2, 0.25) is 5.02 Å². The van der Waals surface area contributed by atoms with Gasteiger partial charge in [0.05, 0.1) is 16.2 Å². The lowest BCUT2D eigenvalue weighted by atomic mass is 10.2. The molecule has 0 aliphatic carbocycles. The molecule has 5 heteroatoms. The van der Waals surface area contributed by atoms with Crippen molar-refractivity contribution in [3.63, 3.8) is 0 Å². The average Bonchev–Trinajstić information content (AvgIpc) is 3.17. The van der Waals surface area contributed by atoms with Gasteiger partial charge in [-0.2, -0.15) is 5.10 Å². The standard InChI is InChI=1S/C19H17ClN4/c1-12-10-16(23-22-12)19-18(20)15-4-2-3-5-17(15)24(19)14-8-6-13(11-21)7-9-14/h2-10H,11,21H2,1H3,(H,22,23). The van der Waals surface area contributed by atoms with Crippen molar-refractivity contribution in [2.75, 3.05) is 0 Å². The number of fused-ring (bicyclic) bond motifs is 1. The lowest BCUT2D eigenvalue weighted by Gasteiger charge is -2.10. The van der Waals surface area contributed by atoms with Gasteiger partial charge in [0, 0.05) is 23.3 Å². The third-order valence-corrected chi connectivity index (χ3v) is 4.57. The Morgan fingerprint density at radius 3 is 2.54 bits per heavy atom. The van der Waals surface area contributed by atoms with Crippen molar-refractivity contribution in [1.29, 1.82) is 0 Å². The Morgan fingerprint density at radius 1 is 1.12 bits per heavy atom. The molecule has 0 unspecified atom stereocenters. The highest BCUT2D eigenvalue weighted by Gasteiger charge is 2.20. The van der Waals surface area contributed by atoms with Gasteiger partial charge < -0.3 is 10.3 Å². The zero-order valence-corrected chi connectivity index (χ0v) is 14.0. The van der Waals surface area contributed by atoms with Crippen LogP contribution in [0.3, 0.4) is 0 Å². The lowest BCUT2D eigenvalue weighted by molar-refractivity contribution is 1.03. The summed E-state index contributed by atoms with van der Waals surface area (Å²) in [6.07, 6.45) is 0. The maximum absolute atomic E-state index is 6.72. The number of hydrogen-bond acceptors (Lipinski definition) is 2. The quantitative estimate of drug-likeness (QED) is 0.581. The number of nitrogens with zero attached hydrogens (tertiary/aromatic N) is 2. The van der Waals surface area contributed by atoms with Gasteiger partial charge >= 0.3 is 0 Å². The molecule has 4 nitrogen and oxygen atoms in total. The molecule has 0 aliphatic rings. The summed E-state index contributed by atoms with van der Waals surface area (Å²) in [5.74, 6) is 0. The maximum Gasteiger partial charge on any atom is 0.111 e. The van der Waals surface area contributed by atoms with Crippen molar-refractivity contribution in [2.24, 2.45) is 5.73 Å². The van der Waals surface area contributed by atoms with E-state index in [1.807, 2.05) is 43.3 Å². The summed E-state index contributed by atoms with van der Waals surface area (Å²) in [6.45, 7) is 2.51. The zero-order chi connectivity index (χ0) is 16.7. The number of nitrogens with one attached hydrogen (secondary N) is 1. The molecule has 2 aromatic carbocycles. The molecule has 0 radical (unpaired) electrons. The minimum absolute atomic E-state index is 0.527. The summed E-state index contributed by atoms with van der Waals surface area (Å²) in [4.78, 5) is 0. The van der Waals surface area contributed by atoms with Crippen LogP contribution in [0.4, 0.5) is 0 Å². The van der Waals surface area contributed by atoms with E-state index in [1.165, 1.54) is 0 Å². The van der Waals surface area contributed by atoms with E-state index in [0.29, 0.717) is 11.6 Å². The van der Waals surface area contributed by atoms with Gasteiger partial charge in [0.1, 0.15) is 5.69 Å². The van der Waals surface area contributed by atoms with E-state index < -0.39 is 0 Å². The Hall–Kier alpha value is -2.56. The van der Waals surface area contributed by atoms with Crippen LogP contribution in [0.15, 0.2) is 54.6 Å². The van der Waals surface area contributed by atoms with E-state index in [2.05, 4.69) is 33.0 Å². The minimum Gasteiger partial charge on any atom is -0.326 e. The molecule has 0 aliphatic heterocycles. The first-order valence-electron chi connectivity index (χ1n) is 7.79. The second-order valence-corrected chi connectivity index (χ2v) is 6.20. The van der Waals surface area contributed by atoms with Gasteiger partial charge in [0.25, 0.3) is 0 Å². The van der Waals surface area contributed by atoms with Gasteiger partial charge in [0.15, 0.2) is 0 Å². The highest BCUT2D eigenvalue weighted by molar-refractivity contribution is 6.38. The number of halogens is 1. The summed E-state index contributed by atoms with van der Waals surface area (Å²) in [6, 6.07) is 18.3. The second kappa shape index (κ2) is 5.82. The molecule has 0 saturated heterocycles. The van der Waals surface area contributed by atoms with Gasteiger partial charge in [-0.3, -0.25) is 5.10 Å². The molecular weight excluding hydrogens is 320 g/mol. The van der Waals surface area contributed by atoms with Crippen molar-refractivity contribution in [3.8, 4) is 17.1 Å². The molecule has 0 amide bonds. The van der Waals surface area contributed by atoms with Crippen LogP contribution in [0.1, 0.15) is 11.3 Å². The van der Waals surface area contributed by atoms with E-state index in [-0.39, 0.29) is 0 Å². The third kappa shape index (κ3) is 2.31. The molecule has 0 fully saturated rings. The van der Waals surface area contributed by atoms with E-state index in [0.717, 1.165) is 39.2 Å². The molecule has 2 heterocycles. The first-order valence-corrected chi connectivity index (χ1v) is 8.17. The van der Waals surface area contributed by atoms with Crippen LogP contribution in [-0.4, -0.2) is 14.8 Å². The summed E-state index contributed by atoms with van der Waals surface area (Å²) >= 11 is 6.72. The summed E-state index contributed by atoms with van der Waals surface area (Å²) in [5.41, 5.74) is 11.6. The van der Waals surface area contributed by atoms with E-state index in [1.54, 1.807) is 0 Å². The van der Waals surface area contributed by atoms with Crippen molar-refractivity contribution in [3.05, 3.63) is 70.9 Å². The van der Waals surface area contributed by atoms with Gasteiger partial charge in [-0.1, -0.05) is 41.9 Å². The number of nitrogens with two attached hydrogens (primary N) is 1. The molecular formula is C19H17ClN4. The maximum atomic E-state index is 6.72. The number of aryl methyl sites for hydroxylation is 1. The van der Waals surface area contributed by atoms with Crippen LogP contribution in [0.25, 0.3) is 28.0 Å². The van der Waals surface area contributed by atoms with Crippen molar-refractivity contribution >= 4 is 22.5 Å². The van der Waals surface area contributed by atoms with E-state index in [4.69, 9.17) is 17.3 Å². The van der Waals surface area contributed by atoms with Crippen LogP contribution in [0.5, 0.6) is 0 Å². The molecule has 0 atom stereocenters. The van der Waals surface area contributed by atoms with Crippen LogP contribution in [-0.2, 0) is 6.54 Å². The first kappa shape index (κ1) is 15.0. The fourth-order valence-corrected chi connectivity index (χ4v) is 3.36. The Morgan fingerprint density at radius 2 is 1.88 bits per heavy atom. The molecule has 4 rings (SSSR count).